The minimum atomic E-state index is -0.965. The van der Waals surface area contributed by atoms with E-state index in [1.165, 1.54) is 0 Å². The molecule has 0 amide bonds. The average molecular weight is 412 g/mol. The number of carbonyl (C=O) groups is 1. The van der Waals surface area contributed by atoms with E-state index in [1.54, 1.807) is 18.3 Å². The molecule has 0 fully saturated rings. The number of benzene rings is 2. The largest absolute Gasteiger partial charge is 0.478 e. The second-order valence-electron chi connectivity index (χ2n) is 7.26. The molecule has 5 rings (SSSR count). The molecule has 0 aliphatic heterocycles. The zero-order chi connectivity index (χ0) is 21.5. The van der Waals surface area contributed by atoms with Crippen molar-refractivity contribution >= 4 is 33.7 Å². The quantitative estimate of drug-likeness (QED) is 0.451. The summed E-state index contributed by atoms with van der Waals surface area (Å²) in [6, 6.07) is 13.2. The number of aromatic nitrogens is 5. The van der Waals surface area contributed by atoms with Crippen molar-refractivity contribution in [2.24, 2.45) is 7.05 Å². The molecule has 0 bridgehead atoms. The number of nitrogens with one attached hydrogen (secondary N) is 1. The number of hydrogen-bond donors (Lipinski definition) is 2. The lowest BCUT2D eigenvalue weighted by atomic mass is 10.1. The lowest BCUT2D eigenvalue weighted by Gasteiger charge is -2.12. The molecular formula is C23H20N6O2. The molecule has 0 atom stereocenters. The summed E-state index contributed by atoms with van der Waals surface area (Å²) >= 11 is 0. The fourth-order valence-electron chi connectivity index (χ4n) is 3.77. The lowest BCUT2D eigenvalue weighted by molar-refractivity contribution is 0.0698. The van der Waals surface area contributed by atoms with E-state index >= 15 is 0 Å². The maximum Gasteiger partial charge on any atom is 0.337 e. The molecule has 0 aliphatic carbocycles. The number of nitrogens with zero attached hydrogens (tertiary/aromatic N) is 5. The van der Waals surface area contributed by atoms with Gasteiger partial charge in [0, 0.05) is 36.4 Å². The Balaban J connectivity index is 1.62. The molecule has 0 unspecified atom stereocenters. The maximum absolute atomic E-state index is 11.5. The molecule has 3 aromatic heterocycles. The van der Waals surface area contributed by atoms with Crippen LogP contribution >= 0.6 is 0 Å². The highest BCUT2D eigenvalue weighted by Crippen LogP contribution is 2.27. The van der Waals surface area contributed by atoms with Crippen LogP contribution in [0.5, 0.6) is 0 Å². The van der Waals surface area contributed by atoms with Crippen molar-refractivity contribution in [2.45, 2.75) is 6.92 Å². The summed E-state index contributed by atoms with van der Waals surface area (Å²) in [5, 5.41) is 17.9. The van der Waals surface area contributed by atoms with E-state index in [0.29, 0.717) is 17.9 Å². The summed E-state index contributed by atoms with van der Waals surface area (Å²) in [6.07, 6.45) is 5.49. The van der Waals surface area contributed by atoms with Crippen LogP contribution in [0.2, 0.25) is 0 Å². The van der Waals surface area contributed by atoms with E-state index < -0.39 is 5.97 Å². The Morgan fingerprint density at radius 3 is 2.81 bits per heavy atom. The van der Waals surface area contributed by atoms with E-state index in [2.05, 4.69) is 21.5 Å². The van der Waals surface area contributed by atoms with Gasteiger partial charge in [-0.25, -0.2) is 9.78 Å². The van der Waals surface area contributed by atoms with Gasteiger partial charge in [0.2, 0.25) is 0 Å². The van der Waals surface area contributed by atoms with E-state index in [0.717, 1.165) is 33.4 Å². The maximum atomic E-state index is 11.5. The number of aromatic carboxylic acids is 1. The Kier molecular flexibility index (Phi) is 4.39. The van der Waals surface area contributed by atoms with Gasteiger partial charge >= 0.3 is 5.97 Å². The van der Waals surface area contributed by atoms with E-state index in [1.807, 2.05) is 59.9 Å². The van der Waals surface area contributed by atoms with E-state index in [4.69, 9.17) is 4.98 Å². The molecule has 2 aromatic carbocycles. The van der Waals surface area contributed by atoms with Crippen LogP contribution < -0.4 is 5.32 Å². The molecule has 31 heavy (non-hydrogen) atoms. The number of aryl methyl sites for hydroxylation is 1. The predicted octanol–water partition coefficient (Wildman–Crippen LogP) is 4.10. The van der Waals surface area contributed by atoms with Crippen LogP contribution in [0, 0.1) is 0 Å². The summed E-state index contributed by atoms with van der Waals surface area (Å²) in [7, 11) is 1.91. The number of fused-ring (bicyclic) bond motifs is 2. The minimum absolute atomic E-state index is 0.235. The van der Waals surface area contributed by atoms with Gasteiger partial charge in [-0.05, 0) is 43.3 Å². The van der Waals surface area contributed by atoms with Crippen molar-refractivity contribution < 1.29 is 9.90 Å². The third-order valence-corrected chi connectivity index (χ3v) is 5.31. The summed E-state index contributed by atoms with van der Waals surface area (Å²) in [4.78, 5) is 21.0. The van der Waals surface area contributed by atoms with Gasteiger partial charge in [-0.3, -0.25) is 14.2 Å². The first-order valence-electron chi connectivity index (χ1n) is 9.93. The SMILES string of the molecule is CCNc1cc(-n2ccc3ncc(-c4ccc5c(cnn5C)c4)nc32)ccc1C(=O)O. The molecular weight excluding hydrogens is 392 g/mol. The van der Waals surface area contributed by atoms with E-state index in [-0.39, 0.29) is 5.56 Å². The summed E-state index contributed by atoms with van der Waals surface area (Å²) in [6.45, 7) is 2.55. The van der Waals surface area contributed by atoms with Gasteiger partial charge in [0.05, 0.1) is 34.9 Å². The summed E-state index contributed by atoms with van der Waals surface area (Å²) in [5.74, 6) is -0.965. The zero-order valence-electron chi connectivity index (χ0n) is 17.1. The zero-order valence-corrected chi connectivity index (χ0v) is 17.1. The molecule has 0 saturated carbocycles. The number of anilines is 1. The topological polar surface area (TPSA) is 97.9 Å². The van der Waals surface area contributed by atoms with Gasteiger partial charge < -0.3 is 10.4 Å². The minimum Gasteiger partial charge on any atom is -0.478 e. The van der Waals surface area contributed by atoms with Crippen molar-refractivity contribution in [3.63, 3.8) is 0 Å². The van der Waals surface area contributed by atoms with Crippen LogP contribution in [0.1, 0.15) is 17.3 Å². The van der Waals surface area contributed by atoms with Crippen molar-refractivity contribution in [2.75, 3.05) is 11.9 Å². The Bertz CT molecular complexity index is 1450. The van der Waals surface area contributed by atoms with Gasteiger partial charge in [0.25, 0.3) is 0 Å². The van der Waals surface area contributed by atoms with Crippen LogP contribution in [-0.4, -0.2) is 41.9 Å². The Hall–Kier alpha value is -4.20. The average Bonchev–Trinajstić information content (AvgIpc) is 3.36. The van der Waals surface area contributed by atoms with Crippen LogP contribution in [0.15, 0.2) is 61.1 Å². The molecule has 154 valence electrons. The molecule has 0 spiro atoms. The van der Waals surface area contributed by atoms with Gasteiger partial charge in [0.15, 0.2) is 5.65 Å². The number of carboxylic acids is 1. The summed E-state index contributed by atoms with van der Waals surface area (Å²) < 4.78 is 3.75. The third-order valence-electron chi connectivity index (χ3n) is 5.31. The van der Waals surface area contributed by atoms with Crippen molar-refractivity contribution in [3.8, 4) is 16.9 Å². The highest BCUT2D eigenvalue weighted by molar-refractivity contribution is 5.95. The Labute approximate surface area is 177 Å². The molecule has 3 heterocycles. The Morgan fingerprint density at radius 2 is 2.00 bits per heavy atom. The van der Waals surface area contributed by atoms with Gasteiger partial charge in [-0.1, -0.05) is 6.07 Å². The summed E-state index contributed by atoms with van der Waals surface area (Å²) in [5.41, 5.74) is 5.84. The smallest absolute Gasteiger partial charge is 0.337 e. The first-order chi connectivity index (χ1) is 15.0. The first-order valence-corrected chi connectivity index (χ1v) is 9.93. The van der Waals surface area contributed by atoms with Crippen LogP contribution in [0.4, 0.5) is 5.69 Å². The highest BCUT2D eigenvalue weighted by atomic mass is 16.4. The fraction of sp³-hybridized carbons (Fsp3) is 0.130. The van der Waals surface area contributed by atoms with Gasteiger partial charge in [-0.2, -0.15) is 5.10 Å². The van der Waals surface area contributed by atoms with Crippen LogP contribution in [-0.2, 0) is 7.05 Å². The molecule has 5 aromatic rings. The Morgan fingerprint density at radius 1 is 1.13 bits per heavy atom. The lowest BCUT2D eigenvalue weighted by Crippen LogP contribution is -2.07. The molecule has 0 saturated heterocycles. The normalized spacial score (nSPS) is 11.3. The van der Waals surface area contributed by atoms with E-state index in [9.17, 15) is 9.90 Å². The van der Waals surface area contributed by atoms with Crippen LogP contribution in [0.25, 0.3) is 39.0 Å². The molecule has 0 radical (unpaired) electrons. The fourth-order valence-corrected chi connectivity index (χ4v) is 3.77. The van der Waals surface area contributed by atoms with Crippen molar-refractivity contribution in [3.05, 3.63) is 66.6 Å². The highest BCUT2D eigenvalue weighted by Gasteiger charge is 2.14. The standard InChI is InChI=1S/C23H20N6O2/c1-3-24-19-11-16(5-6-17(19)23(30)31)29-9-8-18-22(29)27-20(13-25-18)14-4-7-21-15(10-14)12-26-28(21)2/h4-13,24H,3H2,1-2H3,(H,30,31). The molecule has 0 aliphatic rings. The number of rotatable bonds is 5. The first kappa shape index (κ1) is 18.8. The van der Waals surface area contributed by atoms with Crippen molar-refractivity contribution in [1.82, 2.24) is 24.3 Å². The number of hydrogen-bond acceptors (Lipinski definition) is 5. The third kappa shape index (κ3) is 3.18. The second kappa shape index (κ2) is 7.24. The molecule has 8 nitrogen and oxygen atoms in total. The monoisotopic (exact) mass is 412 g/mol. The van der Waals surface area contributed by atoms with Gasteiger partial charge in [-0.15, -0.1) is 0 Å². The van der Waals surface area contributed by atoms with Crippen LogP contribution in [0.3, 0.4) is 0 Å². The second-order valence-corrected chi connectivity index (χ2v) is 7.26. The molecule has 8 heteroatoms. The number of carboxylic acid groups (broad SMARTS) is 1. The van der Waals surface area contributed by atoms with Crippen molar-refractivity contribution in [1.29, 1.82) is 0 Å². The predicted molar refractivity (Wildman–Crippen MR) is 120 cm³/mol. The molecule has 2 N–H and O–H groups in total. The van der Waals surface area contributed by atoms with Gasteiger partial charge in [0.1, 0.15) is 5.52 Å².